The van der Waals surface area contributed by atoms with Gasteiger partial charge < -0.3 is 15.0 Å². The van der Waals surface area contributed by atoms with E-state index in [1.54, 1.807) is 6.08 Å². The summed E-state index contributed by atoms with van der Waals surface area (Å²) in [7, 11) is 1.13. The molecular formula is C25H29FN2O5. The number of alkyl halides is 1. The van der Waals surface area contributed by atoms with Gasteiger partial charge in [0.2, 0.25) is 11.8 Å². The maximum atomic E-state index is 13.1. The van der Waals surface area contributed by atoms with E-state index in [9.17, 15) is 23.6 Å². The quantitative estimate of drug-likeness (QED) is 0.349. The number of amides is 2. The summed E-state index contributed by atoms with van der Waals surface area (Å²) in [5.74, 6) is -0.227. The number of nitrogens with one attached hydrogen (secondary N) is 1. The zero-order valence-electron chi connectivity index (χ0n) is 19.0. The van der Waals surface area contributed by atoms with Gasteiger partial charge in [-0.1, -0.05) is 30.3 Å². The molecule has 1 aliphatic heterocycles. The van der Waals surface area contributed by atoms with Crippen LogP contribution in [0.15, 0.2) is 36.4 Å². The van der Waals surface area contributed by atoms with E-state index in [0.717, 1.165) is 12.7 Å². The molecule has 1 N–H and O–H groups in total. The third-order valence-corrected chi connectivity index (χ3v) is 5.93. The highest BCUT2D eigenvalue weighted by Gasteiger charge is 2.45. The van der Waals surface area contributed by atoms with Crippen LogP contribution in [0.4, 0.5) is 4.39 Å². The number of Topliss-reactive ketones (excluding diaryl/α,β-unsaturated/α-hetero) is 1. The van der Waals surface area contributed by atoms with Crippen LogP contribution in [0.5, 0.6) is 0 Å². The van der Waals surface area contributed by atoms with Gasteiger partial charge in [-0.3, -0.25) is 19.2 Å². The van der Waals surface area contributed by atoms with Gasteiger partial charge in [0, 0.05) is 18.0 Å². The van der Waals surface area contributed by atoms with Crippen molar-refractivity contribution in [3.05, 3.63) is 42.0 Å². The van der Waals surface area contributed by atoms with Crippen molar-refractivity contribution in [2.75, 3.05) is 20.3 Å². The SMILES string of the molecule is C#CC(C)(C)[C@@H]1C[C@@H](C(=O)N[C@@H](CC(=O)OC)C(=O)CF)N(C(=O)/C=C/c2ccccc2)C1. The lowest BCUT2D eigenvalue weighted by Crippen LogP contribution is -2.51. The summed E-state index contributed by atoms with van der Waals surface area (Å²) in [4.78, 5) is 51.0. The number of hydrogen-bond acceptors (Lipinski definition) is 5. The number of terminal acetylenes is 1. The van der Waals surface area contributed by atoms with Gasteiger partial charge in [0.15, 0.2) is 5.78 Å². The molecule has 1 aromatic carbocycles. The van der Waals surface area contributed by atoms with Crippen molar-refractivity contribution in [3.63, 3.8) is 0 Å². The molecule has 1 aliphatic rings. The summed E-state index contributed by atoms with van der Waals surface area (Å²) in [6.45, 7) is 2.61. The molecule has 7 nitrogen and oxygen atoms in total. The predicted molar refractivity (Wildman–Crippen MR) is 121 cm³/mol. The number of hydrogen-bond donors (Lipinski definition) is 1. The Morgan fingerprint density at radius 2 is 1.97 bits per heavy atom. The Balaban J connectivity index is 2.26. The van der Waals surface area contributed by atoms with E-state index in [1.807, 2.05) is 44.2 Å². The van der Waals surface area contributed by atoms with Crippen LogP contribution < -0.4 is 5.32 Å². The van der Waals surface area contributed by atoms with Crippen molar-refractivity contribution >= 4 is 29.6 Å². The monoisotopic (exact) mass is 456 g/mol. The number of carbonyl (C=O) groups excluding carboxylic acids is 4. The largest absolute Gasteiger partial charge is 0.469 e. The molecule has 0 spiro atoms. The Hall–Kier alpha value is -3.47. The highest BCUT2D eigenvalue weighted by atomic mass is 19.1. The summed E-state index contributed by atoms with van der Waals surface area (Å²) < 4.78 is 17.5. The summed E-state index contributed by atoms with van der Waals surface area (Å²) in [6, 6.07) is 6.89. The number of benzene rings is 1. The molecule has 0 bridgehead atoms. The number of esters is 1. The average Bonchev–Trinajstić information content (AvgIpc) is 3.28. The number of ketones is 1. The van der Waals surface area contributed by atoms with Crippen LogP contribution in [-0.2, 0) is 23.9 Å². The molecule has 2 rings (SSSR count). The van der Waals surface area contributed by atoms with Crippen molar-refractivity contribution in [1.82, 2.24) is 10.2 Å². The molecule has 1 fully saturated rings. The number of likely N-dealkylation sites (tertiary alicyclic amines) is 1. The van der Waals surface area contributed by atoms with E-state index in [2.05, 4.69) is 16.0 Å². The standard InChI is InChI=1S/C25H29FN2O5/c1-5-25(2,3)18-13-20(24(32)27-19(21(29)15-26)14-23(31)33-4)28(16-18)22(30)12-11-17-9-7-6-8-10-17/h1,6-12,18-20H,13-16H2,2-4H3,(H,27,32)/b12-11+/t18-,19+,20+/m1/s1. The average molecular weight is 457 g/mol. The molecule has 176 valence electrons. The summed E-state index contributed by atoms with van der Waals surface area (Å²) in [5.41, 5.74) is 0.231. The minimum atomic E-state index is -1.38. The Kier molecular flexibility index (Phi) is 8.92. The van der Waals surface area contributed by atoms with Gasteiger partial charge in [-0.05, 0) is 37.8 Å². The van der Waals surface area contributed by atoms with Gasteiger partial charge in [0.25, 0.3) is 0 Å². The number of nitrogens with zero attached hydrogens (tertiary/aromatic N) is 1. The van der Waals surface area contributed by atoms with E-state index in [-0.39, 0.29) is 18.9 Å². The van der Waals surface area contributed by atoms with E-state index in [1.165, 1.54) is 11.0 Å². The second-order valence-electron chi connectivity index (χ2n) is 8.49. The molecule has 1 saturated heterocycles. The predicted octanol–water partition coefficient (Wildman–Crippen LogP) is 2.16. The molecule has 0 aliphatic carbocycles. The fraction of sp³-hybridized carbons (Fsp3) is 0.440. The molecule has 3 atom stereocenters. The Labute approximate surface area is 193 Å². The van der Waals surface area contributed by atoms with Gasteiger partial charge in [-0.15, -0.1) is 12.3 Å². The van der Waals surface area contributed by atoms with Crippen molar-refractivity contribution in [2.45, 2.75) is 38.8 Å². The zero-order valence-corrected chi connectivity index (χ0v) is 19.0. The molecular weight excluding hydrogens is 427 g/mol. The van der Waals surface area contributed by atoms with Gasteiger partial charge in [-0.25, -0.2) is 4.39 Å². The molecule has 33 heavy (non-hydrogen) atoms. The maximum Gasteiger partial charge on any atom is 0.308 e. The van der Waals surface area contributed by atoms with Crippen LogP contribution in [0.2, 0.25) is 0 Å². The molecule has 0 saturated carbocycles. The number of rotatable bonds is 9. The highest BCUT2D eigenvalue weighted by molar-refractivity contribution is 5.98. The fourth-order valence-corrected chi connectivity index (χ4v) is 3.65. The minimum absolute atomic E-state index is 0.178. The minimum Gasteiger partial charge on any atom is -0.469 e. The highest BCUT2D eigenvalue weighted by Crippen LogP contribution is 2.37. The first kappa shape index (κ1) is 25.8. The normalized spacial score (nSPS) is 19.1. The van der Waals surface area contributed by atoms with Gasteiger partial charge in [0.1, 0.15) is 18.8 Å². The van der Waals surface area contributed by atoms with Crippen LogP contribution in [0.25, 0.3) is 6.08 Å². The van der Waals surface area contributed by atoms with Crippen molar-refractivity contribution in [3.8, 4) is 12.3 Å². The molecule has 8 heteroatoms. The van der Waals surface area contributed by atoms with Gasteiger partial charge >= 0.3 is 5.97 Å². The van der Waals surface area contributed by atoms with Crippen LogP contribution in [-0.4, -0.2) is 60.9 Å². The summed E-state index contributed by atoms with van der Waals surface area (Å²) >= 11 is 0. The van der Waals surface area contributed by atoms with Crippen LogP contribution >= 0.6 is 0 Å². The lowest BCUT2D eigenvalue weighted by atomic mass is 9.78. The molecule has 0 unspecified atom stereocenters. The lowest BCUT2D eigenvalue weighted by molar-refractivity contribution is -0.144. The van der Waals surface area contributed by atoms with Crippen molar-refractivity contribution in [2.24, 2.45) is 11.3 Å². The summed E-state index contributed by atoms with van der Waals surface area (Å²) in [5, 5.41) is 2.42. The first-order valence-electron chi connectivity index (χ1n) is 10.6. The molecule has 1 aromatic rings. The van der Waals surface area contributed by atoms with E-state index < -0.39 is 54.2 Å². The fourth-order valence-electron chi connectivity index (χ4n) is 3.65. The zero-order chi connectivity index (χ0) is 24.6. The molecule has 0 radical (unpaired) electrons. The molecule has 0 aromatic heterocycles. The number of carbonyl (C=O) groups is 4. The van der Waals surface area contributed by atoms with E-state index in [0.29, 0.717) is 0 Å². The smallest absolute Gasteiger partial charge is 0.308 e. The van der Waals surface area contributed by atoms with Crippen molar-refractivity contribution in [1.29, 1.82) is 0 Å². The first-order chi connectivity index (χ1) is 15.6. The van der Waals surface area contributed by atoms with Crippen LogP contribution in [0, 0.1) is 23.7 Å². The third kappa shape index (κ3) is 6.75. The molecule has 2 amide bonds. The third-order valence-electron chi connectivity index (χ3n) is 5.93. The Bertz CT molecular complexity index is 951. The molecule has 1 heterocycles. The van der Waals surface area contributed by atoms with Crippen LogP contribution in [0.1, 0.15) is 32.3 Å². The van der Waals surface area contributed by atoms with E-state index >= 15 is 0 Å². The lowest BCUT2D eigenvalue weighted by Gasteiger charge is -2.25. The second-order valence-corrected chi connectivity index (χ2v) is 8.49. The maximum absolute atomic E-state index is 13.1. The Morgan fingerprint density at radius 3 is 2.55 bits per heavy atom. The number of ether oxygens (including phenoxy) is 1. The second kappa shape index (κ2) is 11.4. The topological polar surface area (TPSA) is 92.8 Å². The number of methoxy groups -OCH3 is 1. The van der Waals surface area contributed by atoms with Crippen molar-refractivity contribution < 1.29 is 28.3 Å². The van der Waals surface area contributed by atoms with Crippen LogP contribution in [0.3, 0.4) is 0 Å². The van der Waals surface area contributed by atoms with E-state index in [4.69, 9.17) is 6.42 Å². The van der Waals surface area contributed by atoms with Gasteiger partial charge in [0.05, 0.1) is 13.5 Å². The number of halogens is 1. The first-order valence-corrected chi connectivity index (χ1v) is 10.6. The summed E-state index contributed by atoms with van der Waals surface area (Å²) in [6.07, 6.45) is 8.45. The Morgan fingerprint density at radius 1 is 1.30 bits per heavy atom. The van der Waals surface area contributed by atoms with Gasteiger partial charge in [-0.2, -0.15) is 0 Å².